The summed E-state index contributed by atoms with van der Waals surface area (Å²) in [6, 6.07) is 6.43. The molecule has 0 aliphatic carbocycles. The number of rotatable bonds is 5. The number of hydrogen-bond donors (Lipinski definition) is 1. The fraction of sp³-hybridized carbons (Fsp3) is 0.389. The maximum absolute atomic E-state index is 12.7. The summed E-state index contributed by atoms with van der Waals surface area (Å²) >= 11 is 7.57. The van der Waals surface area contributed by atoms with E-state index in [9.17, 15) is 9.59 Å². The number of amides is 2. The first kappa shape index (κ1) is 17.9. The average molecular weight is 378 g/mol. The predicted octanol–water partition coefficient (Wildman–Crippen LogP) is 3.07. The summed E-state index contributed by atoms with van der Waals surface area (Å²) in [5, 5.41) is 6.48. The molecule has 1 N–H and O–H groups in total. The molecule has 1 fully saturated rings. The molecule has 5 nitrogen and oxygen atoms in total. The lowest BCUT2D eigenvalue weighted by molar-refractivity contribution is -0.124. The van der Waals surface area contributed by atoms with E-state index in [0.717, 1.165) is 17.1 Å². The molecule has 0 radical (unpaired) electrons. The minimum atomic E-state index is -0.413. The number of likely N-dealkylation sites (tertiary alicyclic amines) is 1. The van der Waals surface area contributed by atoms with Crippen LogP contribution >= 0.6 is 22.9 Å². The van der Waals surface area contributed by atoms with Crippen molar-refractivity contribution < 1.29 is 9.59 Å². The second-order valence-corrected chi connectivity index (χ2v) is 7.56. The number of thiazole rings is 1. The van der Waals surface area contributed by atoms with Gasteiger partial charge in [0.2, 0.25) is 5.91 Å². The van der Waals surface area contributed by atoms with Crippen molar-refractivity contribution >= 4 is 34.8 Å². The third-order valence-corrected chi connectivity index (χ3v) is 5.29. The zero-order valence-electron chi connectivity index (χ0n) is 14.0. The van der Waals surface area contributed by atoms with E-state index in [2.05, 4.69) is 10.3 Å². The van der Waals surface area contributed by atoms with E-state index in [0.29, 0.717) is 36.5 Å². The molecule has 132 valence electrons. The van der Waals surface area contributed by atoms with Crippen molar-refractivity contribution in [1.29, 1.82) is 0 Å². The second kappa shape index (κ2) is 7.97. The summed E-state index contributed by atoms with van der Waals surface area (Å²) < 4.78 is 0. The first-order valence-corrected chi connectivity index (χ1v) is 9.55. The van der Waals surface area contributed by atoms with Gasteiger partial charge in [0.25, 0.3) is 5.91 Å². The van der Waals surface area contributed by atoms with Gasteiger partial charge in [0.1, 0.15) is 6.04 Å². The van der Waals surface area contributed by atoms with Crippen LogP contribution in [0, 0.1) is 6.92 Å². The van der Waals surface area contributed by atoms with Gasteiger partial charge in [0.05, 0.1) is 10.7 Å². The van der Waals surface area contributed by atoms with Gasteiger partial charge in [0.15, 0.2) is 0 Å². The zero-order chi connectivity index (χ0) is 17.8. The highest BCUT2D eigenvalue weighted by atomic mass is 35.5. The Morgan fingerprint density at radius 3 is 3.00 bits per heavy atom. The van der Waals surface area contributed by atoms with Gasteiger partial charge in [-0.05, 0) is 38.0 Å². The highest BCUT2D eigenvalue weighted by molar-refractivity contribution is 7.09. The molecule has 7 heteroatoms. The average Bonchev–Trinajstić information content (AvgIpc) is 3.23. The quantitative estimate of drug-likeness (QED) is 0.871. The maximum atomic E-state index is 12.7. The smallest absolute Gasteiger partial charge is 0.254 e. The highest BCUT2D eigenvalue weighted by Crippen LogP contribution is 2.21. The molecule has 1 aromatic carbocycles. The van der Waals surface area contributed by atoms with Gasteiger partial charge in [-0.2, -0.15) is 0 Å². The molecule has 1 unspecified atom stereocenters. The van der Waals surface area contributed by atoms with Gasteiger partial charge in [-0.1, -0.05) is 17.7 Å². The number of nitrogens with one attached hydrogen (secondary N) is 1. The molecule has 0 spiro atoms. The van der Waals surface area contributed by atoms with E-state index in [1.165, 1.54) is 0 Å². The molecule has 25 heavy (non-hydrogen) atoms. The fourth-order valence-corrected chi connectivity index (χ4v) is 3.86. The number of aryl methyl sites for hydroxylation is 1. The monoisotopic (exact) mass is 377 g/mol. The lowest BCUT2D eigenvalue weighted by Crippen LogP contribution is -2.46. The first-order chi connectivity index (χ1) is 12.0. The third-order valence-electron chi connectivity index (χ3n) is 4.23. The van der Waals surface area contributed by atoms with Crippen LogP contribution in [0.4, 0.5) is 0 Å². The summed E-state index contributed by atoms with van der Waals surface area (Å²) in [7, 11) is 0. The largest absolute Gasteiger partial charge is 0.354 e. The highest BCUT2D eigenvalue weighted by Gasteiger charge is 2.34. The van der Waals surface area contributed by atoms with E-state index in [4.69, 9.17) is 11.6 Å². The Hall–Kier alpha value is -1.92. The summed E-state index contributed by atoms with van der Waals surface area (Å²) in [5.41, 5.74) is 1.51. The molecule has 0 saturated carbocycles. The Morgan fingerprint density at radius 2 is 2.28 bits per heavy atom. The van der Waals surface area contributed by atoms with E-state index in [1.54, 1.807) is 40.5 Å². The van der Waals surface area contributed by atoms with Crippen LogP contribution in [0.2, 0.25) is 5.02 Å². The SMILES string of the molecule is Cc1nc(CCNC(=O)C2CCCN2C(=O)c2cccc(Cl)c2)cs1. The van der Waals surface area contributed by atoms with Crippen LogP contribution < -0.4 is 5.32 Å². The van der Waals surface area contributed by atoms with E-state index < -0.39 is 6.04 Å². The Kier molecular flexibility index (Phi) is 5.71. The normalized spacial score (nSPS) is 16.9. The van der Waals surface area contributed by atoms with Crippen LogP contribution in [0.3, 0.4) is 0 Å². The van der Waals surface area contributed by atoms with Crippen LogP contribution in [0.25, 0.3) is 0 Å². The molecule has 1 aliphatic heterocycles. The van der Waals surface area contributed by atoms with E-state index >= 15 is 0 Å². The minimum absolute atomic E-state index is 0.0974. The summed E-state index contributed by atoms with van der Waals surface area (Å²) in [5.74, 6) is -0.241. The maximum Gasteiger partial charge on any atom is 0.254 e. The topological polar surface area (TPSA) is 62.3 Å². The summed E-state index contributed by atoms with van der Waals surface area (Å²) in [6.07, 6.45) is 2.22. The zero-order valence-corrected chi connectivity index (χ0v) is 15.6. The van der Waals surface area contributed by atoms with E-state index in [-0.39, 0.29) is 11.8 Å². The number of halogens is 1. The van der Waals surface area contributed by atoms with Gasteiger partial charge in [-0.15, -0.1) is 11.3 Å². The number of nitrogens with zero attached hydrogens (tertiary/aromatic N) is 2. The molecule has 1 saturated heterocycles. The first-order valence-electron chi connectivity index (χ1n) is 8.30. The van der Waals surface area contributed by atoms with Crippen molar-refractivity contribution in [2.75, 3.05) is 13.1 Å². The van der Waals surface area contributed by atoms with Crippen molar-refractivity contribution in [2.45, 2.75) is 32.2 Å². The Labute approximate surface area is 156 Å². The van der Waals surface area contributed by atoms with Crippen molar-refractivity contribution in [1.82, 2.24) is 15.2 Å². The van der Waals surface area contributed by atoms with Gasteiger partial charge in [-0.25, -0.2) is 4.98 Å². The lowest BCUT2D eigenvalue weighted by Gasteiger charge is -2.24. The summed E-state index contributed by atoms with van der Waals surface area (Å²) in [4.78, 5) is 31.2. The molecular formula is C18H20ClN3O2S. The van der Waals surface area contributed by atoms with Crippen LogP contribution in [0.5, 0.6) is 0 Å². The molecule has 1 aromatic heterocycles. The molecular weight excluding hydrogens is 358 g/mol. The third kappa shape index (κ3) is 4.38. The van der Waals surface area contributed by atoms with Crippen molar-refractivity contribution in [3.63, 3.8) is 0 Å². The van der Waals surface area contributed by atoms with Crippen LogP contribution in [-0.2, 0) is 11.2 Å². The van der Waals surface area contributed by atoms with Crippen LogP contribution in [-0.4, -0.2) is 40.8 Å². The van der Waals surface area contributed by atoms with Crippen molar-refractivity contribution in [3.05, 3.63) is 50.9 Å². The standard InChI is InChI=1S/C18H20ClN3O2S/c1-12-21-15(11-25-12)7-8-20-17(23)16-6-3-9-22(16)18(24)13-4-2-5-14(19)10-13/h2,4-5,10-11,16H,3,6-9H2,1H3,(H,20,23). The number of hydrogen-bond acceptors (Lipinski definition) is 4. The van der Waals surface area contributed by atoms with Gasteiger partial charge in [0, 0.05) is 35.5 Å². The lowest BCUT2D eigenvalue weighted by atomic mass is 10.1. The number of carbonyl (C=O) groups is 2. The number of benzene rings is 1. The minimum Gasteiger partial charge on any atom is -0.354 e. The second-order valence-electron chi connectivity index (χ2n) is 6.07. The van der Waals surface area contributed by atoms with Crippen molar-refractivity contribution in [3.8, 4) is 0 Å². The van der Waals surface area contributed by atoms with Crippen LogP contribution in [0.15, 0.2) is 29.6 Å². The number of carbonyl (C=O) groups excluding carboxylic acids is 2. The molecule has 2 heterocycles. The number of aromatic nitrogens is 1. The molecule has 1 atom stereocenters. The van der Waals surface area contributed by atoms with Crippen molar-refractivity contribution in [2.24, 2.45) is 0 Å². The molecule has 2 aromatic rings. The van der Waals surface area contributed by atoms with Gasteiger partial charge < -0.3 is 10.2 Å². The molecule has 0 bridgehead atoms. The molecule has 2 amide bonds. The Bertz CT molecular complexity index is 777. The predicted molar refractivity (Wildman–Crippen MR) is 99.1 cm³/mol. The van der Waals surface area contributed by atoms with Gasteiger partial charge >= 0.3 is 0 Å². The fourth-order valence-electron chi connectivity index (χ4n) is 3.02. The Morgan fingerprint density at radius 1 is 1.44 bits per heavy atom. The van der Waals surface area contributed by atoms with Crippen LogP contribution in [0.1, 0.15) is 33.9 Å². The molecule has 1 aliphatic rings. The Balaban J connectivity index is 1.58. The molecule has 3 rings (SSSR count). The summed E-state index contributed by atoms with van der Waals surface area (Å²) in [6.45, 7) is 3.08. The van der Waals surface area contributed by atoms with E-state index in [1.807, 2.05) is 12.3 Å². The van der Waals surface area contributed by atoms with Gasteiger partial charge in [-0.3, -0.25) is 9.59 Å².